The molecule has 0 saturated heterocycles. The third-order valence-corrected chi connectivity index (χ3v) is 2.10. The van der Waals surface area contributed by atoms with E-state index in [1.807, 2.05) is 0 Å². The minimum atomic E-state index is 0.846. The van der Waals surface area contributed by atoms with Crippen molar-refractivity contribution in [2.24, 2.45) is 5.92 Å². The summed E-state index contributed by atoms with van der Waals surface area (Å²) in [5.74, 6) is 0.846. The van der Waals surface area contributed by atoms with Crippen molar-refractivity contribution in [1.82, 2.24) is 0 Å². The fourth-order valence-electron chi connectivity index (χ4n) is 1.09. The quantitative estimate of drug-likeness (QED) is 0.424. The summed E-state index contributed by atoms with van der Waals surface area (Å²) < 4.78 is 0. The van der Waals surface area contributed by atoms with Crippen LogP contribution in [0.3, 0.4) is 0 Å². The van der Waals surface area contributed by atoms with E-state index in [1.54, 1.807) is 0 Å². The van der Waals surface area contributed by atoms with Crippen LogP contribution in [-0.2, 0) is 0 Å². The number of allylic oxidation sites excluding steroid dienone is 1. The van der Waals surface area contributed by atoms with Gasteiger partial charge in [-0.25, -0.2) is 0 Å². The topological polar surface area (TPSA) is 0 Å². The largest absolute Gasteiger partial charge is 0.137 e. The molecule has 0 saturated carbocycles. The maximum atomic E-state index is 4.03. The molecule has 0 aliphatic carbocycles. The molecular formula is C10H21P. The summed E-state index contributed by atoms with van der Waals surface area (Å²) in [4.78, 5) is 0. The Morgan fingerprint density at radius 1 is 1.36 bits per heavy atom. The molecule has 0 aromatic rings. The zero-order valence-corrected chi connectivity index (χ0v) is 9.05. The zero-order valence-electron chi connectivity index (χ0n) is 7.90. The average Bonchev–Trinajstić information content (AvgIpc) is 1.87. The van der Waals surface area contributed by atoms with Crippen molar-refractivity contribution < 1.29 is 0 Å². The van der Waals surface area contributed by atoms with Crippen LogP contribution in [0.25, 0.3) is 0 Å². The molecule has 0 aliphatic rings. The van der Waals surface area contributed by atoms with Gasteiger partial charge in [0.2, 0.25) is 0 Å². The molecular weight excluding hydrogens is 151 g/mol. The molecule has 0 nitrogen and oxygen atoms in total. The molecule has 0 N–H and O–H groups in total. The van der Waals surface area contributed by atoms with E-state index < -0.39 is 0 Å². The van der Waals surface area contributed by atoms with Crippen molar-refractivity contribution in [2.45, 2.75) is 39.5 Å². The molecule has 11 heavy (non-hydrogen) atoms. The lowest BCUT2D eigenvalue weighted by atomic mass is 10.0. The van der Waals surface area contributed by atoms with Crippen LogP contribution >= 0.6 is 9.24 Å². The fraction of sp³-hybridized carbons (Fsp3) is 0.800. The first-order chi connectivity index (χ1) is 5.16. The normalized spacial score (nSPS) is 10.5. The van der Waals surface area contributed by atoms with Crippen LogP contribution in [0.2, 0.25) is 0 Å². The summed E-state index contributed by atoms with van der Waals surface area (Å²) in [5.41, 5.74) is 1.42. The zero-order chi connectivity index (χ0) is 8.69. The minimum absolute atomic E-state index is 0.846. The molecule has 1 atom stereocenters. The van der Waals surface area contributed by atoms with Gasteiger partial charge in [-0.1, -0.05) is 32.4 Å². The van der Waals surface area contributed by atoms with Gasteiger partial charge in [0.1, 0.15) is 0 Å². The van der Waals surface area contributed by atoms with E-state index in [1.165, 1.54) is 37.4 Å². The van der Waals surface area contributed by atoms with E-state index in [-0.39, 0.29) is 0 Å². The Balaban J connectivity index is 3.17. The van der Waals surface area contributed by atoms with Gasteiger partial charge in [-0.15, -0.1) is 9.24 Å². The van der Waals surface area contributed by atoms with Crippen molar-refractivity contribution in [1.29, 1.82) is 0 Å². The van der Waals surface area contributed by atoms with E-state index in [2.05, 4.69) is 29.7 Å². The molecule has 0 radical (unpaired) electrons. The molecule has 0 bridgehead atoms. The first-order valence-electron chi connectivity index (χ1n) is 4.53. The Morgan fingerprint density at radius 2 is 2.00 bits per heavy atom. The minimum Gasteiger partial charge on any atom is -0.137 e. The second-order valence-electron chi connectivity index (χ2n) is 3.57. The molecule has 0 fully saturated rings. The highest BCUT2D eigenvalue weighted by atomic mass is 31.0. The number of rotatable bonds is 6. The summed E-state index contributed by atoms with van der Waals surface area (Å²) >= 11 is 0. The van der Waals surface area contributed by atoms with Crippen molar-refractivity contribution in [3.8, 4) is 0 Å². The predicted octanol–water partition coefficient (Wildman–Crippen LogP) is 3.63. The molecule has 1 heteroatoms. The number of hydrogen-bond acceptors (Lipinski definition) is 0. The van der Waals surface area contributed by atoms with Crippen LogP contribution in [0.5, 0.6) is 0 Å². The SMILES string of the molecule is C=C(CCP)CCCC(C)C. The molecule has 0 heterocycles. The smallest absolute Gasteiger partial charge is 0.0288 e. The lowest BCUT2D eigenvalue weighted by Gasteiger charge is -2.05. The van der Waals surface area contributed by atoms with Gasteiger partial charge in [0.15, 0.2) is 0 Å². The third-order valence-electron chi connectivity index (χ3n) is 1.81. The van der Waals surface area contributed by atoms with Crippen molar-refractivity contribution in [3.05, 3.63) is 12.2 Å². The second kappa shape index (κ2) is 6.85. The summed E-state index contributed by atoms with van der Waals surface area (Å²) in [6.45, 7) is 8.58. The van der Waals surface area contributed by atoms with Crippen LogP contribution in [0.15, 0.2) is 12.2 Å². The Bertz CT molecular complexity index is 105. The maximum Gasteiger partial charge on any atom is -0.0288 e. The van der Waals surface area contributed by atoms with Gasteiger partial charge in [0.25, 0.3) is 0 Å². The van der Waals surface area contributed by atoms with Crippen LogP contribution in [-0.4, -0.2) is 6.16 Å². The Hall–Kier alpha value is 0.170. The highest BCUT2D eigenvalue weighted by Gasteiger charge is 1.96. The average molecular weight is 172 g/mol. The second-order valence-corrected chi connectivity index (χ2v) is 4.15. The van der Waals surface area contributed by atoms with Gasteiger partial charge >= 0.3 is 0 Å². The first-order valence-corrected chi connectivity index (χ1v) is 5.35. The third kappa shape index (κ3) is 8.07. The predicted molar refractivity (Wildman–Crippen MR) is 57.0 cm³/mol. The van der Waals surface area contributed by atoms with Crippen LogP contribution in [0, 0.1) is 5.92 Å². The Labute approximate surface area is 73.7 Å². The molecule has 0 aliphatic heterocycles. The van der Waals surface area contributed by atoms with E-state index in [4.69, 9.17) is 0 Å². The van der Waals surface area contributed by atoms with Crippen molar-refractivity contribution >= 4 is 9.24 Å². The van der Waals surface area contributed by atoms with Crippen molar-refractivity contribution in [2.75, 3.05) is 6.16 Å². The standard InChI is InChI=1S/C10H21P/c1-9(2)5-4-6-10(3)7-8-11/h9H,3-8,11H2,1-2H3. The summed E-state index contributed by atoms with van der Waals surface area (Å²) in [5, 5.41) is 0. The molecule has 0 amide bonds. The van der Waals surface area contributed by atoms with Gasteiger partial charge < -0.3 is 0 Å². The van der Waals surface area contributed by atoms with E-state index in [0.29, 0.717) is 0 Å². The highest BCUT2D eigenvalue weighted by molar-refractivity contribution is 7.16. The van der Waals surface area contributed by atoms with Crippen LogP contribution in [0.1, 0.15) is 39.5 Å². The maximum absolute atomic E-state index is 4.03. The van der Waals surface area contributed by atoms with Gasteiger partial charge in [0, 0.05) is 0 Å². The monoisotopic (exact) mass is 172 g/mol. The lowest BCUT2D eigenvalue weighted by Crippen LogP contribution is -1.89. The van der Waals surface area contributed by atoms with E-state index in [0.717, 1.165) is 5.92 Å². The van der Waals surface area contributed by atoms with E-state index >= 15 is 0 Å². The summed E-state index contributed by atoms with van der Waals surface area (Å²) in [7, 11) is 2.75. The van der Waals surface area contributed by atoms with E-state index in [9.17, 15) is 0 Å². The highest BCUT2D eigenvalue weighted by Crippen LogP contribution is 2.13. The first kappa shape index (κ1) is 11.2. The molecule has 0 aromatic heterocycles. The Kier molecular flexibility index (Phi) is 6.96. The van der Waals surface area contributed by atoms with Gasteiger partial charge in [-0.2, -0.15) is 0 Å². The van der Waals surface area contributed by atoms with Crippen molar-refractivity contribution in [3.63, 3.8) is 0 Å². The summed E-state index contributed by atoms with van der Waals surface area (Å²) in [6, 6.07) is 0. The number of hydrogen-bond donors (Lipinski definition) is 0. The van der Waals surface area contributed by atoms with Gasteiger partial charge in [-0.05, 0) is 31.3 Å². The van der Waals surface area contributed by atoms with Crippen LogP contribution < -0.4 is 0 Å². The molecule has 1 unspecified atom stereocenters. The fourth-order valence-corrected chi connectivity index (χ4v) is 1.50. The summed E-state index contributed by atoms with van der Waals surface area (Å²) in [6.07, 6.45) is 6.24. The van der Waals surface area contributed by atoms with Crippen LogP contribution in [0.4, 0.5) is 0 Å². The van der Waals surface area contributed by atoms with Gasteiger partial charge in [0.05, 0.1) is 0 Å². The van der Waals surface area contributed by atoms with Gasteiger partial charge in [-0.3, -0.25) is 0 Å². The molecule has 0 aromatic carbocycles. The Morgan fingerprint density at radius 3 is 2.45 bits per heavy atom. The molecule has 0 rings (SSSR count). The molecule has 0 spiro atoms. The molecule has 66 valence electrons. The lowest BCUT2D eigenvalue weighted by molar-refractivity contribution is 0.552.